The van der Waals surface area contributed by atoms with Crippen LogP contribution in [0.2, 0.25) is 0 Å². The van der Waals surface area contributed by atoms with Crippen molar-refractivity contribution >= 4 is 15.9 Å². The number of hydrogen-bond acceptors (Lipinski definition) is 3. The molecular weight excluding hydrogens is 256 g/mol. The molecule has 2 heterocycles. The van der Waals surface area contributed by atoms with Crippen molar-refractivity contribution in [2.75, 3.05) is 19.6 Å². The minimum absolute atomic E-state index is 0.00519. The molecule has 1 aromatic rings. The van der Waals surface area contributed by atoms with Crippen molar-refractivity contribution in [3.8, 4) is 0 Å². The number of nitrogens with zero attached hydrogens (tertiary/aromatic N) is 1. The van der Waals surface area contributed by atoms with Gasteiger partial charge in [-0.2, -0.15) is 0 Å². The lowest BCUT2D eigenvalue weighted by atomic mass is 10.1. The zero-order chi connectivity index (χ0) is 10.7. The molecule has 0 aliphatic carbocycles. The van der Waals surface area contributed by atoms with Gasteiger partial charge in [-0.05, 0) is 54.0 Å². The predicted molar refractivity (Wildman–Crippen MR) is 63.6 cm³/mol. The Kier molecular flexibility index (Phi) is 3.83. The van der Waals surface area contributed by atoms with Gasteiger partial charge in [-0.1, -0.05) is 6.42 Å². The second kappa shape index (κ2) is 5.14. The molecule has 2 rings (SSSR count). The topological polar surface area (TPSA) is 42.4 Å². The number of furan rings is 1. The van der Waals surface area contributed by atoms with E-state index in [-0.39, 0.29) is 6.04 Å². The average Bonchev–Trinajstić information content (AvgIpc) is 2.66. The molecule has 0 saturated carbocycles. The summed E-state index contributed by atoms with van der Waals surface area (Å²) in [5, 5.41) is 0. The Bertz CT molecular complexity index is 307. The molecule has 1 aromatic heterocycles. The normalized spacial score (nSPS) is 20.4. The second-order valence-corrected chi connectivity index (χ2v) is 4.89. The SMILES string of the molecule is NC(CN1CCCCC1)c1ccc(Br)o1. The van der Waals surface area contributed by atoms with Gasteiger partial charge in [0.2, 0.25) is 0 Å². The number of likely N-dealkylation sites (tertiary alicyclic amines) is 1. The summed E-state index contributed by atoms with van der Waals surface area (Å²) < 4.78 is 6.21. The maximum absolute atomic E-state index is 6.08. The molecule has 0 bridgehead atoms. The number of piperidine rings is 1. The van der Waals surface area contributed by atoms with Gasteiger partial charge in [0.05, 0.1) is 6.04 Å². The van der Waals surface area contributed by atoms with E-state index in [2.05, 4.69) is 20.8 Å². The first-order valence-electron chi connectivity index (χ1n) is 5.49. The molecule has 1 aliphatic heterocycles. The number of hydrogen-bond donors (Lipinski definition) is 1. The Morgan fingerprint density at radius 2 is 2.07 bits per heavy atom. The molecule has 2 N–H and O–H groups in total. The van der Waals surface area contributed by atoms with E-state index < -0.39 is 0 Å². The van der Waals surface area contributed by atoms with Gasteiger partial charge in [-0.3, -0.25) is 0 Å². The van der Waals surface area contributed by atoms with Gasteiger partial charge < -0.3 is 15.1 Å². The van der Waals surface area contributed by atoms with Crippen LogP contribution >= 0.6 is 15.9 Å². The molecular formula is C11H17BrN2O. The fourth-order valence-corrected chi connectivity index (χ4v) is 2.36. The summed E-state index contributed by atoms with van der Waals surface area (Å²) in [6.45, 7) is 3.26. The summed E-state index contributed by atoms with van der Waals surface area (Å²) in [6, 6.07) is 3.83. The highest BCUT2D eigenvalue weighted by Gasteiger charge is 2.16. The maximum Gasteiger partial charge on any atom is 0.169 e. The summed E-state index contributed by atoms with van der Waals surface area (Å²) in [7, 11) is 0. The van der Waals surface area contributed by atoms with Crippen LogP contribution in [0.5, 0.6) is 0 Å². The first-order chi connectivity index (χ1) is 7.25. The van der Waals surface area contributed by atoms with Gasteiger partial charge in [0.15, 0.2) is 4.67 Å². The van der Waals surface area contributed by atoms with Gasteiger partial charge in [-0.15, -0.1) is 0 Å². The molecule has 0 spiro atoms. The van der Waals surface area contributed by atoms with Crippen molar-refractivity contribution in [2.24, 2.45) is 5.73 Å². The zero-order valence-electron chi connectivity index (χ0n) is 8.79. The van der Waals surface area contributed by atoms with Crippen LogP contribution in [0.15, 0.2) is 21.2 Å². The third kappa shape index (κ3) is 3.06. The first-order valence-corrected chi connectivity index (χ1v) is 6.28. The van der Waals surface area contributed by atoms with E-state index in [1.54, 1.807) is 0 Å². The molecule has 84 valence electrons. The predicted octanol–water partition coefficient (Wildman–Crippen LogP) is 2.53. The minimum atomic E-state index is -0.00519. The Balaban J connectivity index is 1.88. The fourth-order valence-electron chi connectivity index (χ4n) is 2.04. The third-order valence-corrected chi connectivity index (χ3v) is 3.29. The minimum Gasteiger partial charge on any atom is -0.453 e. The Morgan fingerprint density at radius 3 is 2.67 bits per heavy atom. The standard InChI is InChI=1S/C11H17BrN2O/c12-11-5-4-10(15-11)9(13)8-14-6-2-1-3-7-14/h4-5,9H,1-3,6-8,13H2. The van der Waals surface area contributed by atoms with Crippen LogP contribution in [0.3, 0.4) is 0 Å². The van der Waals surface area contributed by atoms with Crippen LogP contribution in [-0.4, -0.2) is 24.5 Å². The van der Waals surface area contributed by atoms with Crippen molar-refractivity contribution in [3.05, 3.63) is 22.6 Å². The highest BCUT2D eigenvalue weighted by Crippen LogP contribution is 2.20. The van der Waals surface area contributed by atoms with Gasteiger partial charge in [0.1, 0.15) is 5.76 Å². The van der Waals surface area contributed by atoms with Crippen LogP contribution in [-0.2, 0) is 0 Å². The lowest BCUT2D eigenvalue weighted by Crippen LogP contribution is -2.35. The summed E-state index contributed by atoms with van der Waals surface area (Å²) in [5.74, 6) is 0.868. The van der Waals surface area contributed by atoms with E-state index in [1.807, 2.05) is 12.1 Å². The van der Waals surface area contributed by atoms with Gasteiger partial charge >= 0.3 is 0 Å². The summed E-state index contributed by atoms with van der Waals surface area (Å²) in [4.78, 5) is 2.42. The van der Waals surface area contributed by atoms with Gasteiger partial charge in [0, 0.05) is 6.54 Å². The number of nitrogens with two attached hydrogens (primary N) is 1. The molecule has 1 unspecified atom stereocenters. The Labute approximate surface area is 98.7 Å². The van der Waals surface area contributed by atoms with Crippen LogP contribution in [0.25, 0.3) is 0 Å². The van der Waals surface area contributed by atoms with E-state index in [1.165, 1.54) is 32.4 Å². The van der Waals surface area contributed by atoms with Gasteiger partial charge in [0.25, 0.3) is 0 Å². The molecule has 4 heteroatoms. The lowest BCUT2D eigenvalue weighted by Gasteiger charge is -2.28. The quantitative estimate of drug-likeness (QED) is 0.920. The molecule has 3 nitrogen and oxygen atoms in total. The molecule has 15 heavy (non-hydrogen) atoms. The van der Waals surface area contributed by atoms with Crippen molar-refractivity contribution in [2.45, 2.75) is 25.3 Å². The number of rotatable bonds is 3. The summed E-state index contributed by atoms with van der Waals surface area (Å²) >= 11 is 3.29. The second-order valence-electron chi connectivity index (χ2n) is 4.11. The monoisotopic (exact) mass is 272 g/mol. The van der Waals surface area contributed by atoms with Crippen LogP contribution < -0.4 is 5.73 Å². The number of halogens is 1. The molecule has 1 saturated heterocycles. The van der Waals surface area contributed by atoms with Crippen LogP contribution in [0.4, 0.5) is 0 Å². The van der Waals surface area contributed by atoms with E-state index in [0.717, 1.165) is 17.0 Å². The highest BCUT2D eigenvalue weighted by atomic mass is 79.9. The summed E-state index contributed by atoms with van der Waals surface area (Å²) in [5.41, 5.74) is 6.08. The van der Waals surface area contributed by atoms with Gasteiger partial charge in [-0.25, -0.2) is 0 Å². The first kappa shape index (κ1) is 11.2. The summed E-state index contributed by atoms with van der Waals surface area (Å²) in [6.07, 6.45) is 3.96. The molecule has 1 fully saturated rings. The Hall–Kier alpha value is -0.320. The molecule has 1 atom stereocenters. The Morgan fingerprint density at radius 1 is 1.33 bits per heavy atom. The molecule has 0 amide bonds. The highest BCUT2D eigenvalue weighted by molar-refractivity contribution is 9.10. The molecule has 0 radical (unpaired) electrons. The largest absolute Gasteiger partial charge is 0.453 e. The van der Waals surface area contributed by atoms with Crippen molar-refractivity contribution in [1.29, 1.82) is 0 Å². The van der Waals surface area contributed by atoms with Crippen LogP contribution in [0, 0.1) is 0 Å². The van der Waals surface area contributed by atoms with E-state index in [9.17, 15) is 0 Å². The van der Waals surface area contributed by atoms with E-state index in [0.29, 0.717) is 0 Å². The van der Waals surface area contributed by atoms with Crippen molar-refractivity contribution < 1.29 is 4.42 Å². The molecule has 1 aliphatic rings. The zero-order valence-corrected chi connectivity index (χ0v) is 10.4. The fraction of sp³-hybridized carbons (Fsp3) is 0.636. The third-order valence-electron chi connectivity index (χ3n) is 2.86. The molecule has 0 aromatic carbocycles. The lowest BCUT2D eigenvalue weighted by molar-refractivity contribution is 0.209. The van der Waals surface area contributed by atoms with Crippen molar-refractivity contribution in [1.82, 2.24) is 4.90 Å². The smallest absolute Gasteiger partial charge is 0.169 e. The van der Waals surface area contributed by atoms with Crippen molar-refractivity contribution in [3.63, 3.8) is 0 Å². The van der Waals surface area contributed by atoms with E-state index >= 15 is 0 Å². The average molecular weight is 273 g/mol. The maximum atomic E-state index is 6.08. The van der Waals surface area contributed by atoms with E-state index in [4.69, 9.17) is 10.2 Å². The van der Waals surface area contributed by atoms with Crippen LogP contribution in [0.1, 0.15) is 31.1 Å².